The van der Waals surface area contributed by atoms with Crippen LogP contribution < -0.4 is 9.62 Å². The molecule has 1 amide bonds. The second-order valence-corrected chi connectivity index (χ2v) is 9.58. The van der Waals surface area contributed by atoms with Crippen LogP contribution in [-0.4, -0.2) is 58.2 Å². The van der Waals surface area contributed by atoms with Gasteiger partial charge < -0.3 is 10.2 Å². The number of likely N-dealkylation sites (tertiary alicyclic amines) is 1. The number of sulfonamides is 1. The molecule has 8 heteroatoms. The smallest absolute Gasteiger partial charge is 0.243 e. The van der Waals surface area contributed by atoms with Crippen molar-refractivity contribution in [3.8, 4) is 0 Å². The molecular formula is C19H30ClN3O3S. The van der Waals surface area contributed by atoms with Crippen molar-refractivity contribution in [2.45, 2.75) is 38.6 Å². The number of anilines is 1. The predicted octanol–water partition coefficient (Wildman–Crippen LogP) is 2.73. The summed E-state index contributed by atoms with van der Waals surface area (Å²) in [4.78, 5) is 15.1. The van der Waals surface area contributed by atoms with Crippen LogP contribution >= 0.6 is 11.6 Å². The fourth-order valence-corrected chi connectivity index (χ4v) is 4.85. The normalized spacial score (nSPS) is 17.5. The number of benzene rings is 1. The van der Waals surface area contributed by atoms with Gasteiger partial charge in [0.1, 0.15) is 6.04 Å². The Balaban J connectivity index is 2.02. The van der Waals surface area contributed by atoms with Crippen LogP contribution in [0, 0.1) is 5.92 Å². The molecule has 0 aromatic heterocycles. The Morgan fingerprint density at radius 3 is 2.41 bits per heavy atom. The molecule has 0 saturated carbocycles. The Kier molecular flexibility index (Phi) is 7.94. The molecule has 1 heterocycles. The molecule has 1 aliphatic heterocycles. The first-order valence-corrected chi connectivity index (χ1v) is 11.7. The average molecular weight is 416 g/mol. The SMILES string of the molecule is CC[C@H](C(=O)NCCC1CCN(C)CC1)N(c1ccc(Cl)cc1)S(C)(=O)=O. The lowest BCUT2D eigenvalue weighted by molar-refractivity contribution is -0.122. The van der Waals surface area contributed by atoms with Crippen molar-refractivity contribution in [3.63, 3.8) is 0 Å². The largest absolute Gasteiger partial charge is 0.354 e. The van der Waals surface area contributed by atoms with Crippen LogP contribution in [0.4, 0.5) is 5.69 Å². The molecular weight excluding hydrogens is 386 g/mol. The lowest BCUT2D eigenvalue weighted by Crippen LogP contribution is -2.49. The highest BCUT2D eigenvalue weighted by Gasteiger charge is 2.31. The number of piperidine rings is 1. The molecule has 0 unspecified atom stereocenters. The summed E-state index contributed by atoms with van der Waals surface area (Å²) in [7, 11) is -1.49. The van der Waals surface area contributed by atoms with E-state index in [1.165, 1.54) is 4.31 Å². The van der Waals surface area contributed by atoms with Gasteiger partial charge in [0.05, 0.1) is 11.9 Å². The van der Waals surface area contributed by atoms with Crippen molar-refractivity contribution >= 4 is 33.2 Å². The van der Waals surface area contributed by atoms with Crippen molar-refractivity contribution in [1.29, 1.82) is 0 Å². The number of rotatable bonds is 8. The molecule has 1 saturated heterocycles. The number of nitrogens with zero attached hydrogens (tertiary/aromatic N) is 2. The number of hydrogen-bond donors (Lipinski definition) is 1. The zero-order chi connectivity index (χ0) is 20.0. The summed E-state index contributed by atoms with van der Waals surface area (Å²) in [5.74, 6) is 0.356. The van der Waals surface area contributed by atoms with E-state index < -0.39 is 16.1 Å². The molecule has 1 atom stereocenters. The van der Waals surface area contributed by atoms with E-state index in [1.54, 1.807) is 24.3 Å². The first-order chi connectivity index (χ1) is 12.7. The molecule has 2 rings (SSSR count). The van der Waals surface area contributed by atoms with E-state index in [0.29, 0.717) is 29.6 Å². The average Bonchev–Trinajstić information content (AvgIpc) is 2.61. The molecule has 0 bridgehead atoms. The highest BCUT2D eigenvalue weighted by Crippen LogP contribution is 2.24. The highest BCUT2D eigenvalue weighted by atomic mass is 35.5. The zero-order valence-electron chi connectivity index (χ0n) is 16.3. The van der Waals surface area contributed by atoms with Gasteiger partial charge in [-0.05, 0) is 76.0 Å². The van der Waals surface area contributed by atoms with Crippen LogP contribution in [0.2, 0.25) is 5.02 Å². The molecule has 152 valence electrons. The Labute approximate surface area is 167 Å². The minimum atomic E-state index is -3.61. The topological polar surface area (TPSA) is 69.7 Å². The van der Waals surface area contributed by atoms with Gasteiger partial charge in [0.15, 0.2) is 0 Å². The Bertz CT molecular complexity index is 716. The van der Waals surface area contributed by atoms with E-state index >= 15 is 0 Å². The molecule has 1 aliphatic rings. The fourth-order valence-electron chi connectivity index (χ4n) is 3.52. The first kappa shape index (κ1) is 22.0. The summed E-state index contributed by atoms with van der Waals surface area (Å²) in [6.07, 6.45) is 4.72. The van der Waals surface area contributed by atoms with Crippen LogP contribution in [0.25, 0.3) is 0 Å². The van der Waals surface area contributed by atoms with Crippen molar-refractivity contribution in [3.05, 3.63) is 29.3 Å². The number of hydrogen-bond acceptors (Lipinski definition) is 4. The van der Waals surface area contributed by atoms with Crippen molar-refractivity contribution < 1.29 is 13.2 Å². The monoisotopic (exact) mass is 415 g/mol. The molecule has 1 aromatic rings. The van der Waals surface area contributed by atoms with Gasteiger partial charge in [-0.1, -0.05) is 18.5 Å². The van der Waals surface area contributed by atoms with E-state index in [9.17, 15) is 13.2 Å². The quantitative estimate of drug-likeness (QED) is 0.708. The second-order valence-electron chi connectivity index (χ2n) is 7.29. The zero-order valence-corrected chi connectivity index (χ0v) is 17.9. The maximum Gasteiger partial charge on any atom is 0.243 e. The van der Waals surface area contributed by atoms with Crippen molar-refractivity contribution in [2.75, 3.05) is 37.2 Å². The third-order valence-corrected chi connectivity index (χ3v) is 6.53. The first-order valence-electron chi connectivity index (χ1n) is 9.43. The number of carbonyl (C=O) groups is 1. The minimum Gasteiger partial charge on any atom is -0.354 e. The maximum atomic E-state index is 12.7. The van der Waals surface area contributed by atoms with E-state index in [1.807, 2.05) is 6.92 Å². The van der Waals surface area contributed by atoms with Gasteiger partial charge in [-0.25, -0.2) is 8.42 Å². The summed E-state index contributed by atoms with van der Waals surface area (Å²) in [5.41, 5.74) is 0.444. The third-order valence-electron chi connectivity index (χ3n) is 5.10. The van der Waals surface area contributed by atoms with Crippen LogP contribution in [0.15, 0.2) is 24.3 Å². The van der Waals surface area contributed by atoms with Gasteiger partial charge in [0.25, 0.3) is 0 Å². The molecule has 0 radical (unpaired) electrons. The lowest BCUT2D eigenvalue weighted by Gasteiger charge is -2.31. The summed E-state index contributed by atoms with van der Waals surface area (Å²) in [6, 6.07) is 5.72. The van der Waals surface area contributed by atoms with Crippen molar-refractivity contribution in [1.82, 2.24) is 10.2 Å². The Morgan fingerprint density at radius 1 is 1.30 bits per heavy atom. The molecule has 6 nitrogen and oxygen atoms in total. The molecule has 1 fully saturated rings. The van der Waals surface area contributed by atoms with E-state index in [4.69, 9.17) is 11.6 Å². The van der Waals surface area contributed by atoms with Crippen molar-refractivity contribution in [2.24, 2.45) is 5.92 Å². The van der Waals surface area contributed by atoms with Gasteiger partial charge in [-0.2, -0.15) is 0 Å². The van der Waals surface area contributed by atoms with Crippen LogP contribution in [0.1, 0.15) is 32.6 Å². The maximum absolute atomic E-state index is 12.7. The standard InChI is InChI=1S/C19H30ClN3O3S/c1-4-18(19(24)21-12-9-15-10-13-22(2)14-11-15)23(27(3,25)26)17-7-5-16(20)6-8-17/h5-8,15,18H,4,9-14H2,1-3H3,(H,21,24)/t18-/m1/s1. The van der Waals surface area contributed by atoms with E-state index in [0.717, 1.165) is 38.6 Å². The number of nitrogens with one attached hydrogen (secondary N) is 1. The highest BCUT2D eigenvalue weighted by molar-refractivity contribution is 7.92. The Morgan fingerprint density at radius 2 is 1.89 bits per heavy atom. The van der Waals surface area contributed by atoms with Gasteiger partial charge in [-0.15, -0.1) is 0 Å². The Hall–Kier alpha value is -1.31. The van der Waals surface area contributed by atoms with E-state index in [-0.39, 0.29) is 5.91 Å². The van der Waals surface area contributed by atoms with Crippen LogP contribution in [0.3, 0.4) is 0 Å². The van der Waals surface area contributed by atoms with E-state index in [2.05, 4.69) is 17.3 Å². The summed E-state index contributed by atoms with van der Waals surface area (Å²) in [5, 5.41) is 3.46. The van der Waals surface area contributed by atoms with Crippen LogP contribution in [-0.2, 0) is 14.8 Å². The van der Waals surface area contributed by atoms with Gasteiger partial charge >= 0.3 is 0 Å². The number of halogens is 1. The summed E-state index contributed by atoms with van der Waals surface area (Å²) in [6.45, 7) is 4.57. The lowest BCUT2D eigenvalue weighted by atomic mass is 9.94. The molecule has 27 heavy (non-hydrogen) atoms. The molecule has 0 spiro atoms. The molecule has 1 aromatic carbocycles. The third kappa shape index (κ3) is 6.36. The molecule has 1 N–H and O–H groups in total. The minimum absolute atomic E-state index is 0.259. The second kappa shape index (κ2) is 9.75. The summed E-state index contributed by atoms with van der Waals surface area (Å²) >= 11 is 5.91. The van der Waals surface area contributed by atoms with Gasteiger partial charge in [0, 0.05) is 11.6 Å². The van der Waals surface area contributed by atoms with Crippen LogP contribution in [0.5, 0.6) is 0 Å². The van der Waals surface area contributed by atoms with Gasteiger partial charge in [0.2, 0.25) is 15.9 Å². The summed E-state index contributed by atoms with van der Waals surface area (Å²) < 4.78 is 26.0. The number of carbonyl (C=O) groups excluding carboxylic acids is 1. The van der Waals surface area contributed by atoms with Gasteiger partial charge in [-0.3, -0.25) is 9.10 Å². The molecule has 0 aliphatic carbocycles. The number of amides is 1. The predicted molar refractivity (Wildman–Crippen MR) is 111 cm³/mol. The fraction of sp³-hybridized carbons (Fsp3) is 0.632.